The lowest BCUT2D eigenvalue weighted by Gasteiger charge is -2.21. The Morgan fingerprint density at radius 1 is 1.03 bits per heavy atom. The van der Waals surface area contributed by atoms with E-state index in [-0.39, 0.29) is 6.10 Å². The molecule has 0 unspecified atom stereocenters. The molecule has 0 aliphatic carbocycles. The lowest BCUT2D eigenvalue weighted by atomic mass is 10.1. The molecule has 34 heavy (non-hydrogen) atoms. The number of nitrogens with zero attached hydrogens (tertiary/aromatic N) is 4. The topological polar surface area (TPSA) is 61.6 Å². The van der Waals surface area contributed by atoms with Crippen LogP contribution < -0.4 is 9.47 Å². The Bertz CT molecular complexity index is 1110. The third-order valence-corrected chi connectivity index (χ3v) is 7.31. The van der Waals surface area contributed by atoms with Gasteiger partial charge in [0.05, 0.1) is 19.2 Å². The molecule has 2 aliphatic rings. The molecule has 3 heterocycles. The van der Waals surface area contributed by atoms with Gasteiger partial charge in [0.25, 0.3) is 0 Å². The Morgan fingerprint density at radius 2 is 1.88 bits per heavy atom. The van der Waals surface area contributed by atoms with E-state index in [9.17, 15) is 0 Å². The average molecular weight is 481 g/mol. The Kier molecular flexibility index (Phi) is 7.37. The zero-order chi connectivity index (χ0) is 23.3. The van der Waals surface area contributed by atoms with Gasteiger partial charge in [0.2, 0.25) is 0 Å². The highest BCUT2D eigenvalue weighted by Gasteiger charge is 2.22. The van der Waals surface area contributed by atoms with Crippen LogP contribution in [0.15, 0.2) is 47.6 Å². The molecule has 1 atom stereocenters. The number of hydrogen-bond acceptors (Lipinski definition) is 7. The van der Waals surface area contributed by atoms with Gasteiger partial charge in [-0.1, -0.05) is 42.1 Å². The second kappa shape index (κ2) is 10.8. The van der Waals surface area contributed by atoms with Gasteiger partial charge < -0.3 is 18.8 Å². The highest BCUT2D eigenvalue weighted by Crippen LogP contribution is 2.31. The van der Waals surface area contributed by atoms with E-state index in [2.05, 4.69) is 70.0 Å². The number of rotatable bonds is 9. The van der Waals surface area contributed by atoms with Crippen molar-refractivity contribution < 1.29 is 14.2 Å². The van der Waals surface area contributed by atoms with Crippen LogP contribution in [-0.2, 0) is 30.1 Å². The highest BCUT2D eigenvalue weighted by molar-refractivity contribution is 7.98. The van der Waals surface area contributed by atoms with Gasteiger partial charge in [-0.05, 0) is 55.6 Å². The first-order chi connectivity index (χ1) is 16.7. The van der Waals surface area contributed by atoms with E-state index in [4.69, 9.17) is 14.2 Å². The smallest absolute Gasteiger partial charge is 0.191 e. The largest absolute Gasteiger partial charge is 0.486 e. The lowest BCUT2D eigenvalue weighted by molar-refractivity contribution is 0.0934. The molecular formula is C26H32N4O3S. The molecule has 8 heteroatoms. The third kappa shape index (κ3) is 5.56. The van der Waals surface area contributed by atoms with E-state index in [1.165, 1.54) is 16.7 Å². The van der Waals surface area contributed by atoms with Gasteiger partial charge in [0.15, 0.2) is 16.7 Å². The number of benzene rings is 2. The summed E-state index contributed by atoms with van der Waals surface area (Å²) in [4.78, 5) is 2.26. The zero-order valence-electron chi connectivity index (χ0n) is 19.9. The predicted molar refractivity (Wildman–Crippen MR) is 132 cm³/mol. The summed E-state index contributed by atoms with van der Waals surface area (Å²) in [5, 5.41) is 10.1. The van der Waals surface area contributed by atoms with Crippen molar-refractivity contribution in [3.8, 4) is 11.5 Å². The van der Waals surface area contributed by atoms with Crippen molar-refractivity contribution in [1.29, 1.82) is 0 Å². The van der Waals surface area contributed by atoms with Crippen LogP contribution in [0.25, 0.3) is 0 Å². The van der Waals surface area contributed by atoms with Gasteiger partial charge in [-0.15, -0.1) is 10.2 Å². The van der Waals surface area contributed by atoms with E-state index >= 15 is 0 Å². The van der Waals surface area contributed by atoms with Gasteiger partial charge in [0.1, 0.15) is 19.0 Å². The first-order valence-corrected chi connectivity index (χ1v) is 12.9. The molecule has 3 aromatic rings. The number of aromatic nitrogens is 3. The average Bonchev–Trinajstić information content (AvgIpc) is 3.49. The van der Waals surface area contributed by atoms with Gasteiger partial charge in [-0.3, -0.25) is 4.90 Å². The van der Waals surface area contributed by atoms with Gasteiger partial charge in [-0.25, -0.2) is 0 Å². The molecule has 0 amide bonds. The van der Waals surface area contributed by atoms with Crippen LogP contribution in [0.4, 0.5) is 0 Å². The molecule has 180 valence electrons. The van der Waals surface area contributed by atoms with Crippen molar-refractivity contribution in [2.75, 3.05) is 26.9 Å². The molecule has 1 fully saturated rings. The molecule has 0 saturated carbocycles. The van der Waals surface area contributed by atoms with E-state index < -0.39 is 0 Å². The highest BCUT2D eigenvalue weighted by atomic mass is 32.2. The molecular weight excluding hydrogens is 448 g/mol. The Hall–Kier alpha value is -2.55. The number of ether oxygens (including phenoxy) is 3. The van der Waals surface area contributed by atoms with Crippen LogP contribution in [-0.4, -0.2) is 52.6 Å². The summed E-state index contributed by atoms with van der Waals surface area (Å²) in [6.07, 6.45) is 2.44. The molecule has 5 rings (SSSR count). The van der Waals surface area contributed by atoms with Crippen molar-refractivity contribution in [2.24, 2.45) is 0 Å². The first-order valence-electron chi connectivity index (χ1n) is 11.9. The first kappa shape index (κ1) is 23.2. The maximum atomic E-state index is 5.95. The molecule has 2 aromatic carbocycles. The second-order valence-corrected chi connectivity index (χ2v) is 9.95. The normalized spacial score (nSPS) is 17.4. The molecule has 0 N–H and O–H groups in total. The maximum absolute atomic E-state index is 5.95. The fourth-order valence-electron chi connectivity index (χ4n) is 4.43. The number of aryl methyl sites for hydroxylation is 1. The van der Waals surface area contributed by atoms with E-state index in [1.807, 2.05) is 6.07 Å². The van der Waals surface area contributed by atoms with Crippen molar-refractivity contribution in [2.45, 2.75) is 56.4 Å². The molecule has 1 saturated heterocycles. The summed E-state index contributed by atoms with van der Waals surface area (Å²) in [5.41, 5.74) is 3.82. The fourth-order valence-corrected chi connectivity index (χ4v) is 5.47. The Morgan fingerprint density at radius 3 is 2.71 bits per heavy atom. The monoisotopic (exact) mass is 480 g/mol. The molecule has 0 bridgehead atoms. The summed E-state index contributed by atoms with van der Waals surface area (Å²) in [7, 11) is 2.11. The summed E-state index contributed by atoms with van der Waals surface area (Å²) in [6, 6.07) is 14.7. The summed E-state index contributed by atoms with van der Waals surface area (Å²) >= 11 is 1.75. The minimum Gasteiger partial charge on any atom is -0.486 e. The van der Waals surface area contributed by atoms with E-state index in [1.54, 1.807) is 11.8 Å². The third-order valence-electron chi connectivity index (χ3n) is 6.29. The maximum Gasteiger partial charge on any atom is 0.191 e. The summed E-state index contributed by atoms with van der Waals surface area (Å²) < 4.78 is 19.6. The molecule has 1 aromatic heterocycles. The number of hydrogen-bond donors (Lipinski definition) is 0. The van der Waals surface area contributed by atoms with Gasteiger partial charge in [0, 0.05) is 18.9 Å². The molecule has 0 spiro atoms. The molecule has 0 radical (unpaired) electrons. The SMILES string of the molecule is Cc1ccccc1CSc1nnc(CN(C)Cc2ccc3c(c2)OCCO3)n1C[C@H]1CCCO1. The standard InChI is InChI=1S/C26H32N4O3S/c1-19-6-3-4-7-21(19)18-34-26-28-27-25(30(26)16-22-8-5-11-31-22)17-29(2)15-20-9-10-23-24(14-20)33-13-12-32-23/h3-4,6-7,9-10,14,22H,5,8,11-13,15-18H2,1-2H3/t22-/m1/s1. The molecule has 7 nitrogen and oxygen atoms in total. The number of fused-ring (bicyclic) bond motifs is 1. The van der Waals surface area contributed by atoms with Crippen LogP contribution >= 0.6 is 11.8 Å². The minimum absolute atomic E-state index is 0.232. The van der Waals surface area contributed by atoms with Gasteiger partial charge in [-0.2, -0.15) is 0 Å². The van der Waals surface area contributed by atoms with Crippen LogP contribution in [0.2, 0.25) is 0 Å². The summed E-state index contributed by atoms with van der Waals surface area (Å²) in [6.45, 7) is 6.51. The van der Waals surface area contributed by atoms with Crippen LogP contribution in [0.5, 0.6) is 11.5 Å². The quantitative estimate of drug-likeness (QED) is 0.419. The lowest BCUT2D eigenvalue weighted by Crippen LogP contribution is -2.23. The zero-order valence-corrected chi connectivity index (χ0v) is 20.7. The van der Waals surface area contributed by atoms with E-state index in [0.717, 1.165) is 60.8 Å². The minimum atomic E-state index is 0.232. The van der Waals surface area contributed by atoms with Crippen molar-refractivity contribution in [3.63, 3.8) is 0 Å². The fraction of sp³-hybridized carbons (Fsp3) is 0.462. The van der Waals surface area contributed by atoms with Gasteiger partial charge >= 0.3 is 0 Å². The number of thioether (sulfide) groups is 1. The Labute approximate surface area is 205 Å². The van der Waals surface area contributed by atoms with Crippen molar-refractivity contribution in [1.82, 2.24) is 19.7 Å². The van der Waals surface area contributed by atoms with Crippen LogP contribution in [0, 0.1) is 6.92 Å². The second-order valence-electron chi connectivity index (χ2n) is 9.01. The molecule has 2 aliphatic heterocycles. The van der Waals surface area contributed by atoms with Crippen LogP contribution in [0.3, 0.4) is 0 Å². The summed E-state index contributed by atoms with van der Waals surface area (Å²) in [5.74, 6) is 3.50. The Balaban J connectivity index is 1.29. The van der Waals surface area contributed by atoms with Crippen molar-refractivity contribution >= 4 is 11.8 Å². The van der Waals surface area contributed by atoms with Crippen molar-refractivity contribution in [3.05, 3.63) is 65.0 Å². The van der Waals surface area contributed by atoms with Crippen LogP contribution in [0.1, 0.15) is 35.4 Å². The predicted octanol–water partition coefficient (Wildman–Crippen LogP) is 4.46. The van der Waals surface area contributed by atoms with E-state index in [0.29, 0.717) is 19.8 Å².